The Morgan fingerprint density at radius 3 is 1.50 bits per heavy atom. The molecule has 0 saturated carbocycles. The Morgan fingerprint density at radius 2 is 1.42 bits per heavy atom. The van der Waals surface area contributed by atoms with Crippen LogP contribution in [0, 0.1) is 0 Å². The quantitative estimate of drug-likeness (QED) is 0.719. The molecule has 2 heteroatoms. The third-order valence-corrected chi connectivity index (χ3v) is 1.09. The standard InChI is InChI=1S/C6H6.C4H9NO/c1-2-4-6-5-3-1;1-4(6)3-5-2/h1-6H;5H,3H2,1-2H3. The summed E-state index contributed by atoms with van der Waals surface area (Å²) in [5.41, 5.74) is 0. The maximum atomic E-state index is 9.98. The molecule has 0 heterocycles. The average molecular weight is 165 g/mol. The maximum Gasteiger partial charge on any atom is 0.143 e. The first-order valence-electron chi connectivity index (χ1n) is 3.91. The number of likely N-dealkylation sites (N-methyl/N-ethyl adjacent to an activating group) is 1. The fourth-order valence-electron chi connectivity index (χ4n) is 0.634. The summed E-state index contributed by atoms with van der Waals surface area (Å²) in [5.74, 6) is 0.178. The van der Waals surface area contributed by atoms with Gasteiger partial charge in [0.1, 0.15) is 5.78 Å². The Hall–Kier alpha value is -1.15. The van der Waals surface area contributed by atoms with Gasteiger partial charge in [-0.3, -0.25) is 4.79 Å². The van der Waals surface area contributed by atoms with Crippen LogP contribution in [0.2, 0.25) is 0 Å². The summed E-state index contributed by atoms with van der Waals surface area (Å²) in [6.07, 6.45) is 0. The van der Waals surface area contributed by atoms with E-state index < -0.39 is 0 Å². The van der Waals surface area contributed by atoms with Gasteiger partial charge in [-0.2, -0.15) is 0 Å². The molecule has 0 unspecified atom stereocenters. The molecule has 1 rings (SSSR count). The number of ketones is 1. The van der Waals surface area contributed by atoms with Gasteiger partial charge in [0.2, 0.25) is 0 Å². The molecule has 1 N–H and O–H groups in total. The lowest BCUT2D eigenvalue weighted by atomic mass is 10.4. The summed E-state index contributed by atoms with van der Waals surface area (Å²) in [5, 5.41) is 2.72. The third kappa shape index (κ3) is 8.85. The largest absolute Gasteiger partial charge is 0.313 e. The number of carbonyl (C=O) groups excluding carboxylic acids is 1. The van der Waals surface area contributed by atoms with Crippen LogP contribution in [0.1, 0.15) is 6.92 Å². The van der Waals surface area contributed by atoms with E-state index in [9.17, 15) is 4.79 Å². The van der Waals surface area contributed by atoms with E-state index in [0.717, 1.165) is 0 Å². The van der Waals surface area contributed by atoms with Gasteiger partial charge in [0.15, 0.2) is 0 Å². The van der Waals surface area contributed by atoms with Gasteiger partial charge in [0.25, 0.3) is 0 Å². The zero-order chi connectivity index (χ0) is 9.23. The van der Waals surface area contributed by atoms with Gasteiger partial charge in [-0.25, -0.2) is 0 Å². The Bertz CT molecular complexity index is 170. The van der Waals surface area contributed by atoms with E-state index in [0.29, 0.717) is 6.54 Å². The van der Waals surface area contributed by atoms with Crippen LogP contribution >= 0.6 is 0 Å². The number of rotatable bonds is 2. The Kier molecular flexibility index (Phi) is 7.19. The lowest BCUT2D eigenvalue weighted by Gasteiger charge is -1.85. The smallest absolute Gasteiger partial charge is 0.143 e. The summed E-state index contributed by atoms with van der Waals surface area (Å²) in [4.78, 5) is 9.98. The van der Waals surface area contributed by atoms with Crippen molar-refractivity contribution in [1.82, 2.24) is 5.32 Å². The molecule has 12 heavy (non-hydrogen) atoms. The fourth-order valence-corrected chi connectivity index (χ4v) is 0.634. The first kappa shape index (κ1) is 10.8. The van der Waals surface area contributed by atoms with Crippen molar-refractivity contribution in [3.63, 3.8) is 0 Å². The molecule has 0 amide bonds. The first-order valence-corrected chi connectivity index (χ1v) is 3.91. The van der Waals surface area contributed by atoms with Crippen molar-refractivity contribution in [2.45, 2.75) is 6.92 Å². The van der Waals surface area contributed by atoms with Crippen LogP contribution in [0.15, 0.2) is 36.4 Å². The zero-order valence-electron chi connectivity index (χ0n) is 7.58. The summed E-state index contributed by atoms with van der Waals surface area (Å²) in [7, 11) is 1.75. The molecule has 0 aromatic heterocycles. The molecule has 1 aromatic carbocycles. The van der Waals surface area contributed by atoms with Crippen LogP contribution in [-0.2, 0) is 4.79 Å². The van der Waals surface area contributed by atoms with E-state index >= 15 is 0 Å². The van der Waals surface area contributed by atoms with Crippen molar-refractivity contribution >= 4 is 5.78 Å². The van der Waals surface area contributed by atoms with Gasteiger partial charge in [0, 0.05) is 0 Å². The van der Waals surface area contributed by atoms with Crippen molar-refractivity contribution in [2.75, 3.05) is 13.6 Å². The molecule has 2 nitrogen and oxygen atoms in total. The molecule has 0 spiro atoms. The number of nitrogens with one attached hydrogen (secondary N) is 1. The molecule has 0 aliphatic rings. The highest BCUT2D eigenvalue weighted by Crippen LogP contribution is 1.79. The number of hydrogen-bond acceptors (Lipinski definition) is 2. The minimum Gasteiger partial charge on any atom is -0.313 e. The summed E-state index contributed by atoms with van der Waals surface area (Å²) < 4.78 is 0. The van der Waals surface area contributed by atoms with Crippen LogP contribution < -0.4 is 5.32 Å². The second-order valence-electron chi connectivity index (χ2n) is 2.39. The monoisotopic (exact) mass is 165 g/mol. The van der Waals surface area contributed by atoms with Gasteiger partial charge in [-0.1, -0.05) is 36.4 Å². The normalized spacial score (nSPS) is 8.17. The zero-order valence-corrected chi connectivity index (χ0v) is 7.58. The van der Waals surface area contributed by atoms with Crippen LogP contribution in [-0.4, -0.2) is 19.4 Å². The van der Waals surface area contributed by atoms with E-state index in [2.05, 4.69) is 5.32 Å². The van der Waals surface area contributed by atoms with E-state index in [1.54, 1.807) is 14.0 Å². The SMILES string of the molecule is CNCC(C)=O.c1ccccc1. The average Bonchev–Trinajstić information content (AvgIpc) is 2.08. The van der Waals surface area contributed by atoms with Crippen molar-refractivity contribution in [3.05, 3.63) is 36.4 Å². The molecule has 0 saturated heterocycles. The van der Waals surface area contributed by atoms with Crippen molar-refractivity contribution < 1.29 is 4.79 Å². The first-order chi connectivity index (χ1) is 5.77. The highest BCUT2D eigenvalue weighted by molar-refractivity contribution is 5.77. The van der Waals surface area contributed by atoms with Crippen LogP contribution in [0.4, 0.5) is 0 Å². The molecule has 0 fully saturated rings. The van der Waals surface area contributed by atoms with Crippen molar-refractivity contribution in [1.29, 1.82) is 0 Å². The minimum atomic E-state index is 0.178. The molecular weight excluding hydrogens is 150 g/mol. The summed E-state index contributed by atoms with van der Waals surface area (Å²) >= 11 is 0. The Balaban J connectivity index is 0.000000202. The van der Waals surface area contributed by atoms with E-state index in [4.69, 9.17) is 0 Å². The van der Waals surface area contributed by atoms with E-state index in [1.165, 1.54) is 0 Å². The van der Waals surface area contributed by atoms with Gasteiger partial charge in [-0.05, 0) is 14.0 Å². The number of hydrogen-bond donors (Lipinski definition) is 1. The lowest BCUT2D eigenvalue weighted by Crippen LogP contribution is -2.14. The minimum absolute atomic E-state index is 0.178. The third-order valence-electron chi connectivity index (χ3n) is 1.09. The molecule has 0 atom stereocenters. The van der Waals surface area contributed by atoms with Gasteiger partial charge < -0.3 is 5.32 Å². The van der Waals surface area contributed by atoms with E-state index in [-0.39, 0.29) is 5.78 Å². The molecule has 0 radical (unpaired) electrons. The summed E-state index contributed by atoms with van der Waals surface area (Å²) in [6.45, 7) is 2.04. The highest BCUT2D eigenvalue weighted by atomic mass is 16.1. The van der Waals surface area contributed by atoms with Crippen LogP contribution in [0.5, 0.6) is 0 Å². The summed E-state index contributed by atoms with van der Waals surface area (Å²) in [6, 6.07) is 12.0. The Labute approximate surface area is 73.6 Å². The molecule has 0 bridgehead atoms. The maximum absolute atomic E-state index is 9.98. The molecule has 0 aliphatic heterocycles. The molecule has 66 valence electrons. The predicted molar refractivity (Wildman–Crippen MR) is 51.0 cm³/mol. The van der Waals surface area contributed by atoms with Gasteiger partial charge in [-0.15, -0.1) is 0 Å². The van der Waals surface area contributed by atoms with Gasteiger partial charge in [0.05, 0.1) is 6.54 Å². The van der Waals surface area contributed by atoms with Crippen LogP contribution in [0.25, 0.3) is 0 Å². The highest BCUT2D eigenvalue weighted by Gasteiger charge is 1.82. The van der Waals surface area contributed by atoms with Crippen molar-refractivity contribution in [2.24, 2.45) is 0 Å². The second-order valence-corrected chi connectivity index (χ2v) is 2.39. The number of Topliss-reactive ketones (excluding diaryl/α,β-unsaturated/α-hetero) is 1. The lowest BCUT2D eigenvalue weighted by molar-refractivity contribution is -0.116. The number of benzene rings is 1. The molecular formula is C10H15NO. The Morgan fingerprint density at radius 1 is 1.08 bits per heavy atom. The molecule has 1 aromatic rings. The second kappa shape index (κ2) is 7.95. The fraction of sp³-hybridized carbons (Fsp3) is 0.300. The van der Waals surface area contributed by atoms with Crippen molar-refractivity contribution in [3.8, 4) is 0 Å². The topological polar surface area (TPSA) is 29.1 Å². The van der Waals surface area contributed by atoms with Gasteiger partial charge >= 0.3 is 0 Å². The predicted octanol–water partition coefficient (Wildman–Crippen LogP) is 1.48. The number of carbonyl (C=O) groups is 1. The van der Waals surface area contributed by atoms with Crippen LogP contribution in [0.3, 0.4) is 0 Å². The molecule has 0 aliphatic carbocycles. The van der Waals surface area contributed by atoms with E-state index in [1.807, 2.05) is 36.4 Å².